The van der Waals surface area contributed by atoms with Crippen LogP contribution < -0.4 is 5.56 Å². The van der Waals surface area contributed by atoms with Crippen molar-refractivity contribution in [2.45, 2.75) is 0 Å². The van der Waals surface area contributed by atoms with E-state index >= 15 is 0 Å². The highest BCUT2D eigenvalue weighted by Gasteiger charge is 2.02. The number of halogens is 1. The smallest absolute Gasteiger partial charge is 0.267 e. The molecular weight excluding hydrogens is 171 g/mol. The average Bonchev–Trinajstić information content (AvgIpc) is 2.47. The Morgan fingerprint density at radius 2 is 1.92 bits per heavy atom. The van der Waals surface area contributed by atoms with Crippen molar-refractivity contribution in [1.82, 2.24) is 9.78 Å². The van der Waals surface area contributed by atoms with E-state index < -0.39 is 11.5 Å². The molecule has 0 bridgehead atoms. The molecule has 0 aliphatic rings. The van der Waals surface area contributed by atoms with E-state index in [4.69, 9.17) is 0 Å². The zero-order valence-corrected chi connectivity index (χ0v) is 6.70. The van der Waals surface area contributed by atoms with Gasteiger partial charge < -0.3 is 0 Å². The Hall–Kier alpha value is -1.84. The summed E-state index contributed by atoms with van der Waals surface area (Å²) >= 11 is 0. The normalized spacial score (nSPS) is 10.2. The predicted octanol–water partition coefficient (Wildman–Crippen LogP) is 1.30. The van der Waals surface area contributed by atoms with Crippen molar-refractivity contribution in [3.8, 4) is 5.69 Å². The molecule has 0 atom stereocenters. The van der Waals surface area contributed by atoms with Crippen LogP contribution in [-0.4, -0.2) is 9.78 Å². The molecular formula is C9H7FN2O. The maximum absolute atomic E-state index is 12.6. The standard InChI is InChI=1S/C9H7FN2O/c10-8-6-9(13)12(11-8)7-4-2-1-3-5-7/h1-6,11H. The van der Waals surface area contributed by atoms with Gasteiger partial charge in [0.2, 0.25) is 5.95 Å². The fourth-order valence-corrected chi connectivity index (χ4v) is 1.14. The van der Waals surface area contributed by atoms with Crippen LogP contribution in [0, 0.1) is 5.95 Å². The average molecular weight is 178 g/mol. The number of nitrogens with zero attached hydrogens (tertiary/aromatic N) is 1. The summed E-state index contributed by atoms with van der Waals surface area (Å²) in [6, 6.07) is 9.73. The highest BCUT2D eigenvalue weighted by molar-refractivity contribution is 5.29. The van der Waals surface area contributed by atoms with Crippen molar-refractivity contribution < 1.29 is 4.39 Å². The van der Waals surface area contributed by atoms with Crippen LogP contribution in [0.15, 0.2) is 41.2 Å². The molecule has 1 aromatic carbocycles. The van der Waals surface area contributed by atoms with Crippen LogP contribution in [0.1, 0.15) is 0 Å². The van der Waals surface area contributed by atoms with Crippen LogP contribution in [0.25, 0.3) is 5.69 Å². The summed E-state index contributed by atoms with van der Waals surface area (Å²) in [6.07, 6.45) is 0. The van der Waals surface area contributed by atoms with Gasteiger partial charge in [0.15, 0.2) is 0 Å². The number of rotatable bonds is 1. The van der Waals surface area contributed by atoms with Gasteiger partial charge in [-0.1, -0.05) is 18.2 Å². The van der Waals surface area contributed by atoms with Gasteiger partial charge in [0.25, 0.3) is 5.56 Å². The lowest BCUT2D eigenvalue weighted by molar-refractivity contribution is 0.566. The first-order chi connectivity index (χ1) is 6.27. The Morgan fingerprint density at radius 1 is 1.23 bits per heavy atom. The summed E-state index contributed by atoms with van der Waals surface area (Å²) in [5, 5.41) is 2.30. The first kappa shape index (κ1) is 7.79. The maximum Gasteiger partial charge on any atom is 0.274 e. The minimum atomic E-state index is -0.631. The predicted molar refractivity (Wildman–Crippen MR) is 46.3 cm³/mol. The van der Waals surface area contributed by atoms with Gasteiger partial charge in [-0.3, -0.25) is 9.89 Å². The van der Waals surface area contributed by atoms with Crippen LogP contribution in [0.4, 0.5) is 4.39 Å². The second kappa shape index (κ2) is 2.90. The molecule has 0 radical (unpaired) electrons. The number of H-pyrrole nitrogens is 1. The Kier molecular flexibility index (Phi) is 1.73. The van der Waals surface area contributed by atoms with Crippen LogP contribution in [-0.2, 0) is 0 Å². The third kappa shape index (κ3) is 1.38. The van der Waals surface area contributed by atoms with Gasteiger partial charge in [0, 0.05) is 0 Å². The Morgan fingerprint density at radius 3 is 2.46 bits per heavy atom. The van der Waals surface area contributed by atoms with Gasteiger partial charge in [-0.2, -0.15) is 4.39 Å². The molecule has 0 unspecified atom stereocenters. The fraction of sp³-hybridized carbons (Fsp3) is 0. The van der Waals surface area contributed by atoms with Crippen molar-refractivity contribution in [2.24, 2.45) is 0 Å². The molecule has 1 N–H and O–H groups in total. The van der Waals surface area contributed by atoms with Crippen LogP contribution in [0.2, 0.25) is 0 Å². The maximum atomic E-state index is 12.6. The Labute approximate surface area is 73.4 Å². The van der Waals surface area contributed by atoms with Gasteiger partial charge in [0.05, 0.1) is 11.8 Å². The molecule has 0 saturated heterocycles. The van der Waals surface area contributed by atoms with Gasteiger partial charge in [0.1, 0.15) is 0 Å². The Bertz CT molecular complexity index is 458. The highest BCUT2D eigenvalue weighted by Crippen LogP contribution is 2.01. The summed E-state index contributed by atoms with van der Waals surface area (Å²) in [4.78, 5) is 11.1. The molecule has 0 fully saturated rings. The summed E-state index contributed by atoms with van der Waals surface area (Å²) in [6.45, 7) is 0. The second-order valence-electron chi connectivity index (χ2n) is 2.61. The molecule has 0 spiro atoms. The van der Waals surface area contributed by atoms with E-state index in [1.54, 1.807) is 24.3 Å². The minimum Gasteiger partial charge on any atom is -0.267 e. The molecule has 1 aromatic heterocycles. The molecule has 0 amide bonds. The van der Waals surface area contributed by atoms with E-state index in [-0.39, 0.29) is 0 Å². The van der Waals surface area contributed by atoms with Crippen LogP contribution in [0.5, 0.6) is 0 Å². The number of benzene rings is 1. The topological polar surface area (TPSA) is 37.8 Å². The molecule has 13 heavy (non-hydrogen) atoms. The summed E-state index contributed by atoms with van der Waals surface area (Å²) < 4.78 is 13.7. The molecule has 66 valence electrons. The minimum absolute atomic E-state index is 0.399. The van der Waals surface area contributed by atoms with Crippen LogP contribution >= 0.6 is 0 Å². The van der Waals surface area contributed by atoms with E-state index in [0.29, 0.717) is 5.69 Å². The van der Waals surface area contributed by atoms with E-state index in [9.17, 15) is 9.18 Å². The zero-order valence-electron chi connectivity index (χ0n) is 6.70. The molecule has 1 heterocycles. The highest BCUT2D eigenvalue weighted by atomic mass is 19.1. The number of hydrogen-bond acceptors (Lipinski definition) is 1. The Balaban J connectivity index is 2.59. The van der Waals surface area contributed by atoms with Crippen molar-refractivity contribution in [2.75, 3.05) is 0 Å². The van der Waals surface area contributed by atoms with Crippen LogP contribution in [0.3, 0.4) is 0 Å². The number of para-hydroxylation sites is 1. The van der Waals surface area contributed by atoms with E-state index in [1.165, 1.54) is 0 Å². The van der Waals surface area contributed by atoms with E-state index in [1.807, 2.05) is 6.07 Å². The lowest BCUT2D eigenvalue weighted by Gasteiger charge is -1.98. The number of nitrogens with one attached hydrogen (secondary N) is 1. The quantitative estimate of drug-likeness (QED) is 0.702. The van der Waals surface area contributed by atoms with Crippen molar-refractivity contribution in [3.63, 3.8) is 0 Å². The lowest BCUT2D eigenvalue weighted by Crippen LogP contribution is -2.12. The SMILES string of the molecule is O=c1cc(F)[nH]n1-c1ccccc1. The molecule has 3 nitrogen and oxygen atoms in total. The zero-order chi connectivity index (χ0) is 9.26. The molecule has 4 heteroatoms. The second-order valence-corrected chi connectivity index (χ2v) is 2.61. The van der Waals surface area contributed by atoms with Crippen molar-refractivity contribution in [1.29, 1.82) is 0 Å². The summed E-state index contributed by atoms with van der Waals surface area (Å²) in [5.41, 5.74) is 0.222. The number of aromatic amines is 1. The molecule has 2 rings (SSSR count). The first-order valence-electron chi connectivity index (χ1n) is 3.80. The monoisotopic (exact) mass is 178 g/mol. The van der Waals surface area contributed by atoms with Crippen molar-refractivity contribution in [3.05, 3.63) is 52.7 Å². The van der Waals surface area contributed by atoms with Gasteiger partial charge in [-0.05, 0) is 12.1 Å². The van der Waals surface area contributed by atoms with Gasteiger partial charge in [-0.15, -0.1) is 0 Å². The van der Waals surface area contributed by atoms with Crippen molar-refractivity contribution >= 4 is 0 Å². The fourth-order valence-electron chi connectivity index (χ4n) is 1.14. The summed E-state index contributed by atoms with van der Waals surface area (Å²) in [5.74, 6) is -0.631. The molecule has 0 aliphatic carbocycles. The molecule has 2 aromatic rings. The van der Waals surface area contributed by atoms with Gasteiger partial charge >= 0.3 is 0 Å². The third-order valence-corrected chi connectivity index (χ3v) is 1.70. The first-order valence-corrected chi connectivity index (χ1v) is 3.80. The molecule has 0 aliphatic heterocycles. The van der Waals surface area contributed by atoms with Gasteiger partial charge in [-0.25, -0.2) is 4.68 Å². The van der Waals surface area contributed by atoms with E-state index in [0.717, 1.165) is 10.7 Å². The number of hydrogen-bond donors (Lipinski definition) is 1. The third-order valence-electron chi connectivity index (χ3n) is 1.70. The lowest BCUT2D eigenvalue weighted by atomic mass is 10.3. The van der Waals surface area contributed by atoms with E-state index in [2.05, 4.69) is 5.10 Å². The number of aromatic nitrogens is 2. The largest absolute Gasteiger partial charge is 0.274 e. The molecule has 0 saturated carbocycles. The summed E-state index contributed by atoms with van der Waals surface area (Å²) in [7, 11) is 0.